The van der Waals surface area contributed by atoms with Gasteiger partial charge in [0.15, 0.2) is 17.5 Å². The van der Waals surface area contributed by atoms with Crippen LogP contribution in [0.3, 0.4) is 0 Å². The summed E-state index contributed by atoms with van der Waals surface area (Å²) in [5.74, 6) is -14.0. The minimum Gasteiger partial charge on any atom is -0.429 e. The van der Waals surface area contributed by atoms with E-state index in [4.69, 9.17) is 11.6 Å². The molecule has 0 atom stereocenters. The molecule has 0 bridgehead atoms. The third kappa shape index (κ3) is 6.95. The number of unbranched alkanes of at least 4 members (excludes halogenated alkanes) is 1. The van der Waals surface area contributed by atoms with E-state index in [-0.39, 0.29) is 17.7 Å². The maximum Gasteiger partial charge on any atom is 0.432 e. The molecule has 0 radical (unpaired) electrons. The van der Waals surface area contributed by atoms with Crippen LogP contribution in [0, 0.1) is 46.5 Å². The van der Waals surface area contributed by atoms with Crippen LogP contribution in [0.25, 0.3) is 33.4 Å². The molecule has 0 N–H and O–H groups in total. The molecule has 12 heteroatoms. The summed E-state index contributed by atoms with van der Waals surface area (Å²) in [6.45, 7) is 2.04. The Morgan fingerprint density at radius 2 is 1.06 bits per heavy atom. The lowest BCUT2D eigenvalue weighted by Gasteiger charge is -2.21. The normalized spacial score (nSPS) is 11.7. The summed E-state index contributed by atoms with van der Waals surface area (Å²) in [6.07, 6.45) is -2.05. The second kappa shape index (κ2) is 13.3. The minimum absolute atomic E-state index is 0.134. The number of halogens is 11. The molecule has 1 nitrogen and oxygen atoms in total. The fourth-order valence-electron chi connectivity index (χ4n) is 5.04. The van der Waals surface area contributed by atoms with Crippen molar-refractivity contribution in [2.45, 2.75) is 32.3 Å². The van der Waals surface area contributed by atoms with Gasteiger partial charge >= 0.3 is 6.11 Å². The molecule has 0 aliphatic heterocycles. The van der Waals surface area contributed by atoms with E-state index in [1.165, 1.54) is 0 Å². The molecule has 0 aliphatic rings. The van der Waals surface area contributed by atoms with Gasteiger partial charge in [-0.05, 0) is 83.1 Å². The van der Waals surface area contributed by atoms with E-state index in [1.54, 1.807) is 12.1 Å². The Bertz CT molecular complexity index is 1880. The SMILES string of the molecule is CCCCc1ccc(-c2cc(F)c(-c3cc(F)c(C(F)(F)Oc4cc(F)c(-c5cc(F)c(F)c(F)c5)c(Cl)c4)c(F)c3)c(F)c2)cc1. The van der Waals surface area contributed by atoms with Crippen molar-refractivity contribution in [3.63, 3.8) is 0 Å². The number of aryl methyl sites for hydroxylation is 1. The van der Waals surface area contributed by atoms with Gasteiger partial charge in [0.2, 0.25) is 0 Å². The van der Waals surface area contributed by atoms with Crippen molar-refractivity contribution >= 4 is 11.6 Å². The second-order valence-corrected chi connectivity index (χ2v) is 11.0. The molecule has 0 spiro atoms. The van der Waals surface area contributed by atoms with Gasteiger partial charge in [0.25, 0.3) is 0 Å². The fourth-order valence-corrected chi connectivity index (χ4v) is 5.35. The molecular weight excluding hydrogens is 662 g/mol. The van der Waals surface area contributed by atoms with Crippen LogP contribution in [-0.4, -0.2) is 0 Å². The van der Waals surface area contributed by atoms with E-state index < -0.39 is 91.2 Å². The van der Waals surface area contributed by atoms with Gasteiger partial charge < -0.3 is 4.74 Å². The van der Waals surface area contributed by atoms with Gasteiger partial charge in [0, 0.05) is 11.6 Å². The molecule has 0 aromatic heterocycles. The molecule has 0 heterocycles. The Balaban J connectivity index is 1.43. The summed E-state index contributed by atoms with van der Waals surface area (Å²) in [5.41, 5.74) is -3.22. The highest BCUT2D eigenvalue weighted by atomic mass is 35.5. The zero-order chi connectivity index (χ0) is 34.2. The van der Waals surface area contributed by atoms with E-state index >= 15 is 26.3 Å². The molecule has 0 saturated carbocycles. The highest BCUT2D eigenvalue weighted by Gasteiger charge is 2.42. The molecule has 244 valence electrons. The zero-order valence-electron chi connectivity index (χ0n) is 24.1. The third-order valence-electron chi connectivity index (χ3n) is 7.30. The average Bonchev–Trinajstić information content (AvgIpc) is 2.97. The summed E-state index contributed by atoms with van der Waals surface area (Å²) >= 11 is 5.92. The largest absolute Gasteiger partial charge is 0.432 e. The Kier molecular flexibility index (Phi) is 9.58. The van der Waals surface area contributed by atoms with Crippen LogP contribution in [0.15, 0.2) is 72.8 Å². The average molecular weight is 683 g/mol. The van der Waals surface area contributed by atoms with Crippen LogP contribution in [0.2, 0.25) is 5.02 Å². The highest BCUT2D eigenvalue weighted by molar-refractivity contribution is 6.33. The van der Waals surface area contributed by atoms with Gasteiger partial charge in [0.05, 0.1) is 10.6 Å². The first-order chi connectivity index (χ1) is 22.2. The van der Waals surface area contributed by atoms with Gasteiger partial charge in [-0.2, -0.15) is 8.78 Å². The van der Waals surface area contributed by atoms with Crippen molar-refractivity contribution in [1.29, 1.82) is 0 Å². The van der Waals surface area contributed by atoms with Crippen molar-refractivity contribution in [2.24, 2.45) is 0 Å². The van der Waals surface area contributed by atoms with Crippen LogP contribution < -0.4 is 4.74 Å². The van der Waals surface area contributed by atoms with Crippen molar-refractivity contribution in [3.05, 3.63) is 135 Å². The van der Waals surface area contributed by atoms with Crippen LogP contribution >= 0.6 is 11.6 Å². The molecule has 0 unspecified atom stereocenters. The Hall–Kier alpha value is -4.51. The Labute approximate surface area is 267 Å². The fraction of sp³-hybridized carbons (Fsp3) is 0.143. The van der Waals surface area contributed by atoms with Crippen LogP contribution in [-0.2, 0) is 12.5 Å². The molecule has 5 rings (SSSR count). The van der Waals surface area contributed by atoms with Crippen LogP contribution in [0.1, 0.15) is 30.9 Å². The number of benzene rings is 5. The topological polar surface area (TPSA) is 9.23 Å². The molecule has 0 amide bonds. The molecular formula is C35H21ClF10O. The van der Waals surface area contributed by atoms with Crippen molar-refractivity contribution in [3.8, 4) is 39.1 Å². The monoisotopic (exact) mass is 682 g/mol. The number of ether oxygens (including phenoxy) is 1. The number of alkyl halides is 2. The zero-order valence-corrected chi connectivity index (χ0v) is 24.9. The number of hydrogen-bond donors (Lipinski definition) is 0. The minimum atomic E-state index is -4.83. The van der Waals surface area contributed by atoms with Gasteiger partial charge in [0.1, 0.15) is 40.4 Å². The van der Waals surface area contributed by atoms with E-state index in [9.17, 15) is 17.6 Å². The van der Waals surface area contributed by atoms with Crippen LogP contribution in [0.4, 0.5) is 43.9 Å². The summed E-state index contributed by atoms with van der Waals surface area (Å²) in [5, 5.41) is -0.723. The number of rotatable bonds is 9. The first-order valence-corrected chi connectivity index (χ1v) is 14.4. The van der Waals surface area contributed by atoms with Crippen molar-refractivity contribution in [2.75, 3.05) is 0 Å². The summed E-state index contributed by atoms with van der Waals surface area (Å²) in [4.78, 5) is 0. The van der Waals surface area contributed by atoms with E-state index in [0.29, 0.717) is 29.8 Å². The third-order valence-corrected chi connectivity index (χ3v) is 7.60. The molecule has 5 aromatic rings. The van der Waals surface area contributed by atoms with E-state index in [2.05, 4.69) is 4.74 Å². The summed E-state index contributed by atoms with van der Waals surface area (Å²) in [6, 6.07) is 11.1. The molecule has 5 aromatic carbocycles. The quantitative estimate of drug-likeness (QED) is 0.111. The standard InChI is InChI=1S/C35H21ClF10O/c1-2-3-4-17-5-7-18(8-6-17)19-9-24(37)32(25(38)10-19)21-11-27(40)33(28(41)12-21)35(45,46)47-22-15-23(36)31(26(39)16-22)20-13-29(42)34(44)30(43)14-20/h5-16H,2-4H2,1H3. The smallest absolute Gasteiger partial charge is 0.429 e. The van der Waals surface area contributed by atoms with Gasteiger partial charge in [-0.15, -0.1) is 0 Å². The van der Waals surface area contributed by atoms with Crippen molar-refractivity contribution in [1.82, 2.24) is 0 Å². The van der Waals surface area contributed by atoms with Gasteiger partial charge in [-0.25, -0.2) is 35.1 Å². The first kappa shape index (κ1) is 33.8. The van der Waals surface area contributed by atoms with Crippen LogP contribution in [0.5, 0.6) is 5.75 Å². The lowest BCUT2D eigenvalue weighted by atomic mass is 9.96. The molecule has 0 fully saturated rings. The predicted octanol–water partition coefficient (Wildman–Crippen LogP) is 11.9. The van der Waals surface area contributed by atoms with E-state index in [1.807, 2.05) is 19.1 Å². The molecule has 47 heavy (non-hydrogen) atoms. The maximum absolute atomic E-state index is 15.1. The molecule has 0 aliphatic carbocycles. The maximum atomic E-state index is 15.1. The lowest BCUT2D eigenvalue weighted by molar-refractivity contribution is -0.189. The lowest BCUT2D eigenvalue weighted by Crippen LogP contribution is -2.25. The first-order valence-electron chi connectivity index (χ1n) is 14.0. The number of hydrogen-bond acceptors (Lipinski definition) is 1. The Morgan fingerprint density at radius 3 is 1.60 bits per heavy atom. The summed E-state index contributed by atoms with van der Waals surface area (Å²) in [7, 11) is 0. The Morgan fingerprint density at radius 1 is 0.574 bits per heavy atom. The van der Waals surface area contributed by atoms with Crippen molar-refractivity contribution < 1.29 is 48.6 Å². The molecule has 0 saturated heterocycles. The highest BCUT2D eigenvalue weighted by Crippen LogP contribution is 2.41. The van der Waals surface area contributed by atoms with Gasteiger partial charge in [-0.1, -0.05) is 49.2 Å². The summed E-state index contributed by atoms with van der Waals surface area (Å²) < 4.78 is 150. The predicted molar refractivity (Wildman–Crippen MR) is 157 cm³/mol. The van der Waals surface area contributed by atoms with Gasteiger partial charge in [-0.3, -0.25) is 0 Å². The van der Waals surface area contributed by atoms with E-state index in [0.717, 1.165) is 37.0 Å². The second-order valence-electron chi connectivity index (χ2n) is 10.6.